The third-order valence-electron chi connectivity index (χ3n) is 14.0. The molecule has 6 heterocycles. The van der Waals surface area contributed by atoms with Gasteiger partial charge in [0.25, 0.3) is 11.8 Å². The van der Waals surface area contributed by atoms with Gasteiger partial charge in [0.2, 0.25) is 17.7 Å². The minimum absolute atomic E-state index is 0.0326. The number of likely N-dealkylation sites (tertiary alicyclic amines) is 1. The predicted octanol–water partition coefficient (Wildman–Crippen LogP) is 7.24. The fourth-order valence-corrected chi connectivity index (χ4v) is 11.0. The fraction of sp³-hybridized carbons (Fsp3) is 0.429. The smallest absolute Gasteiger partial charge is 0.433 e. The largest absolute Gasteiger partial charge is 0.495 e. The molecule has 5 aliphatic heterocycles. The highest BCUT2D eigenvalue weighted by Crippen LogP contribution is 2.57. The van der Waals surface area contributed by atoms with Gasteiger partial charge in [-0.15, -0.1) is 0 Å². The molecule has 3 saturated heterocycles. The van der Waals surface area contributed by atoms with Crippen molar-refractivity contribution in [2.24, 2.45) is 5.41 Å². The van der Waals surface area contributed by atoms with Gasteiger partial charge in [0.05, 0.1) is 23.9 Å². The lowest BCUT2D eigenvalue weighted by Gasteiger charge is -2.39. The summed E-state index contributed by atoms with van der Waals surface area (Å²) in [5.41, 5.74) is 0.854. The second-order valence-electron chi connectivity index (χ2n) is 19.5. The van der Waals surface area contributed by atoms with Crippen molar-refractivity contribution in [3.63, 3.8) is 0 Å². The van der Waals surface area contributed by atoms with Gasteiger partial charge in [-0.3, -0.25) is 34.3 Å². The molecule has 0 radical (unpaired) electrons. The third kappa shape index (κ3) is 8.61. The van der Waals surface area contributed by atoms with E-state index in [0.29, 0.717) is 49.0 Å². The van der Waals surface area contributed by atoms with E-state index < -0.39 is 59.0 Å². The predicted molar refractivity (Wildman–Crippen MR) is 245 cm³/mol. The van der Waals surface area contributed by atoms with Crippen LogP contribution in [0.25, 0.3) is 0 Å². The lowest BCUT2D eigenvalue weighted by atomic mass is 9.63. The van der Waals surface area contributed by atoms with Crippen molar-refractivity contribution in [1.82, 2.24) is 25.4 Å². The quantitative estimate of drug-likeness (QED) is 0.0851. The van der Waals surface area contributed by atoms with Gasteiger partial charge >= 0.3 is 6.18 Å². The number of halogens is 5. The van der Waals surface area contributed by atoms with Crippen LogP contribution in [0.3, 0.4) is 0 Å². The van der Waals surface area contributed by atoms with Crippen LogP contribution in [0.1, 0.15) is 102 Å². The molecule has 5 N–H and O–H groups in total. The van der Waals surface area contributed by atoms with Gasteiger partial charge in [-0.2, -0.15) is 13.2 Å². The summed E-state index contributed by atoms with van der Waals surface area (Å²) in [6, 6.07) is 13.3. The van der Waals surface area contributed by atoms with Crippen molar-refractivity contribution in [2.75, 3.05) is 42.7 Å². The molecule has 3 aromatic carbocycles. The first kappa shape index (κ1) is 46.8. The number of methoxy groups -OCH3 is 1. The van der Waals surface area contributed by atoms with Crippen LogP contribution in [0.2, 0.25) is 5.02 Å². The van der Waals surface area contributed by atoms with Crippen molar-refractivity contribution in [3.8, 4) is 5.75 Å². The molecule has 1 unspecified atom stereocenters. The Labute approximate surface area is 394 Å². The number of amides is 5. The highest BCUT2D eigenvalue weighted by Gasteiger charge is 2.62. The number of ether oxygens (including phenoxy) is 1. The minimum Gasteiger partial charge on any atom is -0.495 e. The molecule has 1 spiro atoms. The van der Waals surface area contributed by atoms with Crippen LogP contribution in [0, 0.1) is 11.2 Å². The monoisotopic (exact) mass is 958 g/mol. The molecule has 1 aromatic heterocycles. The van der Waals surface area contributed by atoms with Crippen LogP contribution < -0.4 is 31.3 Å². The van der Waals surface area contributed by atoms with Crippen LogP contribution in [-0.2, 0) is 32.5 Å². The number of alkyl halides is 3. The number of pyridine rings is 1. The van der Waals surface area contributed by atoms with Crippen molar-refractivity contribution < 1.29 is 46.3 Å². The van der Waals surface area contributed by atoms with Gasteiger partial charge in [-0.25, -0.2) is 4.39 Å². The zero-order valence-corrected chi connectivity index (χ0v) is 38.5. The van der Waals surface area contributed by atoms with Gasteiger partial charge in [0.1, 0.15) is 23.3 Å². The van der Waals surface area contributed by atoms with Crippen molar-refractivity contribution in [1.29, 1.82) is 0 Å². The minimum atomic E-state index is -4.71. The molecule has 14 nitrogen and oxygen atoms in total. The lowest BCUT2D eigenvalue weighted by Crippen LogP contribution is -2.52. The summed E-state index contributed by atoms with van der Waals surface area (Å²) in [4.78, 5) is 73.0. The molecule has 0 aliphatic carbocycles. The number of nitrogens with zero attached hydrogens (tertiary/aromatic N) is 3. The Balaban J connectivity index is 0.902. The molecule has 9 rings (SSSR count). The molecule has 3 fully saturated rings. The molecule has 5 aliphatic rings. The maximum atomic E-state index is 16.3. The molecule has 0 bridgehead atoms. The Hall–Kier alpha value is -6.27. The zero-order chi connectivity index (χ0) is 48.4. The first-order valence-corrected chi connectivity index (χ1v) is 23.0. The lowest BCUT2D eigenvalue weighted by molar-refractivity contribution is -0.141. The number of rotatable bonds is 9. The Morgan fingerprint density at radius 1 is 1.00 bits per heavy atom. The topological polar surface area (TPSA) is 174 Å². The van der Waals surface area contributed by atoms with E-state index in [1.54, 1.807) is 41.3 Å². The second kappa shape index (κ2) is 17.7. The Morgan fingerprint density at radius 2 is 1.76 bits per heavy atom. The number of anilines is 3. The maximum Gasteiger partial charge on any atom is 0.433 e. The van der Waals surface area contributed by atoms with E-state index in [9.17, 15) is 37.1 Å². The Morgan fingerprint density at radius 3 is 2.47 bits per heavy atom. The maximum absolute atomic E-state index is 16.3. The molecule has 68 heavy (non-hydrogen) atoms. The second-order valence-corrected chi connectivity index (χ2v) is 19.9. The number of piperidine rings is 2. The van der Waals surface area contributed by atoms with E-state index in [4.69, 9.17) is 16.3 Å². The summed E-state index contributed by atoms with van der Waals surface area (Å²) in [5, 5.41) is 15.3. The molecular formula is C49H51ClF4N8O6. The van der Waals surface area contributed by atoms with Crippen LogP contribution in [0.15, 0.2) is 66.9 Å². The average molecular weight is 959 g/mol. The molecule has 358 valence electrons. The number of fused-ring (bicyclic) bond motifs is 3. The molecule has 19 heteroatoms. The van der Waals surface area contributed by atoms with E-state index >= 15 is 4.39 Å². The van der Waals surface area contributed by atoms with E-state index in [1.807, 2.05) is 32.9 Å². The highest BCUT2D eigenvalue weighted by atomic mass is 35.5. The number of carbonyl (C=O) groups is 5. The normalized spacial score (nSPS) is 23.9. The Kier molecular flexibility index (Phi) is 12.2. The first-order valence-electron chi connectivity index (χ1n) is 22.6. The van der Waals surface area contributed by atoms with E-state index in [2.05, 4.69) is 31.6 Å². The van der Waals surface area contributed by atoms with E-state index in [1.165, 1.54) is 24.3 Å². The summed E-state index contributed by atoms with van der Waals surface area (Å²) in [5.74, 6) is -3.38. The van der Waals surface area contributed by atoms with E-state index in [-0.39, 0.29) is 82.8 Å². The van der Waals surface area contributed by atoms with Gasteiger partial charge in [-0.05, 0) is 90.8 Å². The summed E-state index contributed by atoms with van der Waals surface area (Å²) < 4.78 is 63.6. The average Bonchev–Trinajstić information content (AvgIpc) is 3.94. The number of benzene rings is 3. The molecule has 5 atom stereocenters. The number of imide groups is 1. The van der Waals surface area contributed by atoms with Gasteiger partial charge < -0.3 is 35.8 Å². The summed E-state index contributed by atoms with van der Waals surface area (Å²) >= 11 is 6.36. The van der Waals surface area contributed by atoms with Crippen molar-refractivity contribution in [2.45, 2.75) is 101 Å². The third-order valence-corrected chi connectivity index (χ3v) is 14.2. The van der Waals surface area contributed by atoms with E-state index in [0.717, 1.165) is 17.3 Å². The van der Waals surface area contributed by atoms with Gasteiger partial charge in [0, 0.05) is 90.3 Å². The fourth-order valence-electron chi connectivity index (χ4n) is 10.8. The summed E-state index contributed by atoms with van der Waals surface area (Å²) in [6.07, 6.45) is -1.35. The molecule has 0 saturated carbocycles. The van der Waals surface area contributed by atoms with Gasteiger partial charge in [0.15, 0.2) is 0 Å². The Bertz CT molecular complexity index is 2720. The summed E-state index contributed by atoms with van der Waals surface area (Å²) in [7, 11) is 1.41. The van der Waals surface area contributed by atoms with Crippen molar-refractivity contribution in [3.05, 3.63) is 111 Å². The highest BCUT2D eigenvalue weighted by molar-refractivity contribution is 6.30. The van der Waals surface area contributed by atoms with Gasteiger partial charge in [-0.1, -0.05) is 44.5 Å². The SMILES string of the molecule is COc1cc(C(=O)N2CCC(Nc3ccc4c(c3)CN(C3CCC(=O)NC3=O)C4=O)CC2)ccc1NC(=O)[C@@H]1N[C@@H](CC(C)(C)C)[C@@]2(CNc3cc(C(F)(F)F)ncc32)[C@H]1c1cccc(Cl)c1F. The number of aromatic nitrogens is 1. The number of nitrogens with one attached hydrogen (secondary N) is 5. The summed E-state index contributed by atoms with van der Waals surface area (Å²) in [6.45, 7) is 7.26. The zero-order valence-electron chi connectivity index (χ0n) is 37.8. The van der Waals surface area contributed by atoms with Crippen LogP contribution in [0.4, 0.5) is 34.6 Å². The number of hydrogen-bond acceptors (Lipinski definition) is 10. The van der Waals surface area contributed by atoms with Crippen molar-refractivity contribution >= 4 is 58.2 Å². The molecule has 4 aromatic rings. The number of carbonyl (C=O) groups excluding carboxylic acids is 5. The van der Waals surface area contributed by atoms with Crippen LogP contribution in [0.5, 0.6) is 5.75 Å². The number of hydrogen-bond donors (Lipinski definition) is 5. The molecular weight excluding hydrogens is 908 g/mol. The van der Waals surface area contributed by atoms with Crippen LogP contribution >= 0.6 is 11.6 Å². The standard InChI is InChI=1S/C49H51ClF4N8O6/c1-47(2,3)21-38-48(24-56-34-20-37(49(52,53)54)55-22-31(34)48)40(30-6-5-7-32(50)41(30)51)42(59-38)44(65)58-33-11-8-25(19-36(33)68-4)45(66)61-16-14-27(15-17-61)57-28-9-10-29-26(18-28)23-62(46(29)67)35-12-13-39(63)60-43(35)64/h5-11,18-20,22,27,35,38,40,42,56-57,59H,12-17,21,23-24H2,1-4H3,(H,58,65)(H,60,63,64)/t35?,38-,40-,42+,48-/m0/s1. The first-order chi connectivity index (χ1) is 32.2. The van der Waals surface area contributed by atoms with Crippen LogP contribution in [-0.4, -0.2) is 95.2 Å². The molecule has 5 amide bonds.